The van der Waals surface area contributed by atoms with Gasteiger partial charge < -0.3 is 25.2 Å². The Labute approximate surface area is 208 Å². The van der Waals surface area contributed by atoms with Gasteiger partial charge in [0.1, 0.15) is 6.04 Å². The molecule has 36 heavy (non-hydrogen) atoms. The van der Waals surface area contributed by atoms with Crippen molar-refractivity contribution in [3.63, 3.8) is 0 Å². The number of nitrogens with zero attached hydrogens (tertiary/aromatic N) is 2. The van der Waals surface area contributed by atoms with Gasteiger partial charge in [-0.25, -0.2) is 4.79 Å². The molecule has 0 saturated carbocycles. The lowest BCUT2D eigenvalue weighted by atomic mass is 10.0. The maximum Gasteiger partial charge on any atom is 0.416 e. The van der Waals surface area contributed by atoms with Crippen LogP contribution < -0.4 is 20.4 Å². The number of piperidine rings is 2. The molecule has 2 aromatic carbocycles. The standard InChI is InChI=1S/C26H31F3N4O3/c1-36-17-22-5-2-3-15-32(22)20-11-13-21(14-12-20)33-16-4-6-23(24(33)34)31-25(35)30-19-9-7-18(8-10-19)26(27,28)29/h7-14,22-23H,2-6,15-17H2,1H3,(H2,30,31,35)/t22?,23-/m1/s1. The van der Waals surface area contributed by atoms with Crippen LogP contribution in [0.1, 0.15) is 37.7 Å². The Morgan fingerprint density at radius 3 is 2.33 bits per heavy atom. The maximum atomic E-state index is 13.1. The van der Waals surface area contributed by atoms with E-state index in [1.807, 2.05) is 24.3 Å². The van der Waals surface area contributed by atoms with Crippen molar-refractivity contribution < 1.29 is 27.5 Å². The minimum Gasteiger partial charge on any atom is -0.383 e. The van der Waals surface area contributed by atoms with E-state index in [2.05, 4.69) is 15.5 Å². The van der Waals surface area contributed by atoms with E-state index in [4.69, 9.17) is 4.74 Å². The third-order valence-corrected chi connectivity index (χ3v) is 6.69. The van der Waals surface area contributed by atoms with Crippen LogP contribution in [0.5, 0.6) is 0 Å². The Morgan fingerprint density at radius 2 is 1.67 bits per heavy atom. The van der Waals surface area contributed by atoms with Crippen molar-refractivity contribution in [2.75, 3.05) is 41.9 Å². The van der Waals surface area contributed by atoms with E-state index in [1.165, 1.54) is 18.6 Å². The molecule has 2 aliphatic heterocycles. The highest BCUT2D eigenvalue weighted by Gasteiger charge is 2.32. The van der Waals surface area contributed by atoms with Crippen molar-refractivity contribution in [2.45, 2.75) is 50.4 Å². The molecule has 0 aromatic heterocycles. The summed E-state index contributed by atoms with van der Waals surface area (Å²) in [7, 11) is 1.71. The molecule has 2 aromatic rings. The molecule has 2 aliphatic rings. The lowest BCUT2D eigenvalue weighted by Gasteiger charge is -2.37. The predicted octanol–water partition coefficient (Wildman–Crippen LogP) is 5.03. The van der Waals surface area contributed by atoms with Crippen LogP contribution in [0.25, 0.3) is 0 Å². The van der Waals surface area contributed by atoms with Crippen LogP contribution in [0, 0.1) is 0 Å². The molecule has 0 bridgehead atoms. The first-order chi connectivity index (χ1) is 17.3. The maximum absolute atomic E-state index is 13.1. The minimum absolute atomic E-state index is 0.209. The molecule has 2 N–H and O–H groups in total. The van der Waals surface area contributed by atoms with Gasteiger partial charge in [0.2, 0.25) is 5.91 Å². The number of nitrogens with one attached hydrogen (secondary N) is 2. The number of ether oxygens (including phenoxy) is 1. The molecule has 194 valence electrons. The second-order valence-corrected chi connectivity index (χ2v) is 9.17. The van der Waals surface area contributed by atoms with Crippen molar-refractivity contribution >= 4 is 29.0 Å². The van der Waals surface area contributed by atoms with Gasteiger partial charge in [-0.3, -0.25) is 4.79 Å². The molecule has 0 spiro atoms. The van der Waals surface area contributed by atoms with Gasteiger partial charge in [0.05, 0.1) is 18.2 Å². The Kier molecular flexibility index (Phi) is 8.03. The summed E-state index contributed by atoms with van der Waals surface area (Å²) in [6.07, 6.45) is 0.153. The van der Waals surface area contributed by atoms with Crippen molar-refractivity contribution in [3.05, 3.63) is 54.1 Å². The molecule has 10 heteroatoms. The van der Waals surface area contributed by atoms with Crippen LogP contribution >= 0.6 is 0 Å². The second-order valence-electron chi connectivity index (χ2n) is 9.17. The lowest BCUT2D eigenvalue weighted by molar-refractivity contribution is -0.137. The Hall–Kier alpha value is -3.27. The summed E-state index contributed by atoms with van der Waals surface area (Å²) < 4.78 is 43.6. The number of alkyl halides is 3. The van der Waals surface area contributed by atoms with Crippen LogP contribution in [0.3, 0.4) is 0 Å². The summed E-state index contributed by atoms with van der Waals surface area (Å²) in [5.41, 5.74) is 1.27. The van der Waals surface area contributed by atoms with E-state index in [-0.39, 0.29) is 11.6 Å². The minimum atomic E-state index is -4.45. The van der Waals surface area contributed by atoms with Crippen LogP contribution in [0.2, 0.25) is 0 Å². The average Bonchev–Trinajstić information content (AvgIpc) is 2.86. The zero-order chi connectivity index (χ0) is 25.7. The van der Waals surface area contributed by atoms with E-state index in [1.54, 1.807) is 12.0 Å². The number of hydrogen-bond donors (Lipinski definition) is 2. The van der Waals surface area contributed by atoms with Gasteiger partial charge in [0.15, 0.2) is 0 Å². The van der Waals surface area contributed by atoms with Crippen molar-refractivity contribution in [3.8, 4) is 0 Å². The molecule has 3 amide bonds. The summed E-state index contributed by atoms with van der Waals surface area (Å²) >= 11 is 0. The highest BCUT2D eigenvalue weighted by Crippen LogP contribution is 2.30. The van der Waals surface area contributed by atoms with Gasteiger partial charge in [-0.1, -0.05) is 0 Å². The summed E-state index contributed by atoms with van der Waals surface area (Å²) in [4.78, 5) is 29.6. The smallest absolute Gasteiger partial charge is 0.383 e. The normalized spacial score (nSPS) is 20.8. The van der Waals surface area contributed by atoms with Crippen molar-refractivity contribution in [1.82, 2.24) is 5.32 Å². The van der Waals surface area contributed by atoms with E-state index in [9.17, 15) is 22.8 Å². The van der Waals surface area contributed by atoms with E-state index < -0.39 is 23.8 Å². The van der Waals surface area contributed by atoms with Crippen molar-refractivity contribution in [2.24, 2.45) is 0 Å². The molecule has 0 aliphatic carbocycles. The Bertz CT molecular complexity index is 1040. The van der Waals surface area contributed by atoms with Crippen molar-refractivity contribution in [1.29, 1.82) is 0 Å². The summed E-state index contributed by atoms with van der Waals surface area (Å²) in [5.74, 6) is -0.216. The van der Waals surface area contributed by atoms with Crippen LogP contribution in [0.4, 0.5) is 35.0 Å². The number of amides is 3. The highest BCUT2D eigenvalue weighted by atomic mass is 19.4. The van der Waals surface area contributed by atoms with Gasteiger partial charge >= 0.3 is 12.2 Å². The zero-order valence-electron chi connectivity index (χ0n) is 20.2. The van der Waals surface area contributed by atoms with Crippen LogP contribution in [-0.4, -0.2) is 50.8 Å². The summed E-state index contributed by atoms with van der Waals surface area (Å²) in [5, 5.41) is 5.16. The number of halogens is 3. The fourth-order valence-electron chi connectivity index (χ4n) is 4.86. The molecule has 2 heterocycles. The number of urea groups is 1. The largest absolute Gasteiger partial charge is 0.416 e. The molecular weight excluding hydrogens is 473 g/mol. The first kappa shape index (κ1) is 25.8. The SMILES string of the molecule is COCC1CCCCN1c1ccc(N2CCC[C@@H](NC(=O)Nc3ccc(C(F)(F)F)cc3)C2=O)cc1. The molecule has 2 fully saturated rings. The number of methoxy groups -OCH3 is 1. The number of anilines is 3. The topological polar surface area (TPSA) is 73.9 Å². The first-order valence-electron chi connectivity index (χ1n) is 12.2. The summed E-state index contributed by atoms with van der Waals surface area (Å²) in [6.45, 7) is 2.19. The highest BCUT2D eigenvalue weighted by molar-refractivity contribution is 6.01. The fourth-order valence-corrected chi connectivity index (χ4v) is 4.86. The quantitative estimate of drug-likeness (QED) is 0.579. The number of hydrogen-bond acceptors (Lipinski definition) is 4. The Morgan fingerprint density at radius 1 is 0.972 bits per heavy atom. The average molecular weight is 505 g/mol. The third kappa shape index (κ3) is 6.10. The van der Waals surface area contributed by atoms with Crippen LogP contribution in [-0.2, 0) is 15.7 Å². The fraction of sp³-hybridized carbons (Fsp3) is 0.462. The molecule has 1 unspecified atom stereocenters. The van der Waals surface area contributed by atoms with Gasteiger partial charge in [-0.15, -0.1) is 0 Å². The molecule has 4 rings (SSSR count). The number of benzene rings is 2. The lowest BCUT2D eigenvalue weighted by Crippen LogP contribution is -2.53. The molecule has 7 nitrogen and oxygen atoms in total. The van der Waals surface area contributed by atoms with E-state index in [0.29, 0.717) is 32.0 Å². The molecule has 0 radical (unpaired) electrons. The second kappa shape index (κ2) is 11.2. The number of carbonyl (C=O) groups excluding carboxylic acids is 2. The molecule has 2 atom stereocenters. The van der Waals surface area contributed by atoms with Crippen LogP contribution in [0.15, 0.2) is 48.5 Å². The van der Waals surface area contributed by atoms with E-state index in [0.717, 1.165) is 42.9 Å². The monoisotopic (exact) mass is 504 g/mol. The molecular formula is C26H31F3N4O3. The van der Waals surface area contributed by atoms with Gasteiger partial charge in [0, 0.05) is 37.3 Å². The van der Waals surface area contributed by atoms with Gasteiger partial charge in [-0.05, 0) is 80.6 Å². The third-order valence-electron chi connectivity index (χ3n) is 6.69. The molecule has 2 saturated heterocycles. The Balaban J connectivity index is 1.37. The number of carbonyl (C=O) groups is 2. The summed E-state index contributed by atoms with van der Waals surface area (Å²) in [6, 6.07) is 11.0. The first-order valence-corrected chi connectivity index (χ1v) is 12.2. The zero-order valence-corrected chi connectivity index (χ0v) is 20.2. The van der Waals surface area contributed by atoms with Gasteiger partial charge in [-0.2, -0.15) is 13.2 Å². The van der Waals surface area contributed by atoms with Gasteiger partial charge in [0.25, 0.3) is 0 Å². The van der Waals surface area contributed by atoms with E-state index >= 15 is 0 Å². The number of rotatable bonds is 6. The predicted molar refractivity (Wildman–Crippen MR) is 132 cm³/mol.